The molecule has 0 unspecified atom stereocenters. The highest BCUT2D eigenvalue weighted by atomic mass is 35.5. The molecular formula is C15H15Cl2N5O2. The molecule has 0 saturated heterocycles. The lowest BCUT2D eigenvalue weighted by Crippen LogP contribution is -2.28. The van der Waals surface area contributed by atoms with E-state index in [0.717, 1.165) is 19.3 Å². The van der Waals surface area contributed by atoms with E-state index in [1.165, 1.54) is 10.9 Å². The van der Waals surface area contributed by atoms with Gasteiger partial charge in [-0.05, 0) is 25.0 Å². The quantitative estimate of drug-likeness (QED) is 0.849. The van der Waals surface area contributed by atoms with E-state index in [2.05, 4.69) is 20.9 Å². The second kappa shape index (κ2) is 7.19. The highest BCUT2D eigenvalue weighted by molar-refractivity contribution is 6.43. The third-order valence-corrected chi connectivity index (χ3v) is 4.62. The van der Waals surface area contributed by atoms with Gasteiger partial charge in [0.05, 0.1) is 21.9 Å². The van der Waals surface area contributed by atoms with Crippen LogP contribution >= 0.6 is 23.2 Å². The maximum absolute atomic E-state index is 12.1. The van der Waals surface area contributed by atoms with Gasteiger partial charge >= 0.3 is 0 Å². The van der Waals surface area contributed by atoms with Gasteiger partial charge in [-0.15, -0.1) is 5.10 Å². The largest absolute Gasteiger partial charge is 0.323 e. The predicted octanol–water partition coefficient (Wildman–Crippen LogP) is 2.96. The molecule has 0 aliphatic heterocycles. The summed E-state index contributed by atoms with van der Waals surface area (Å²) in [6.45, 7) is -0.0604. The molecule has 1 aliphatic carbocycles. The summed E-state index contributed by atoms with van der Waals surface area (Å²) < 4.78 is 1.34. The summed E-state index contributed by atoms with van der Waals surface area (Å²) in [6.07, 6.45) is 4.40. The number of hydrogen-bond donors (Lipinski definition) is 2. The van der Waals surface area contributed by atoms with Crippen LogP contribution in [0.3, 0.4) is 0 Å². The average Bonchev–Trinajstić information content (AvgIpc) is 2.89. The molecule has 2 N–H and O–H groups in total. The number of nitrogens with one attached hydrogen (secondary N) is 2. The first-order chi connectivity index (χ1) is 11.5. The van der Waals surface area contributed by atoms with Crippen molar-refractivity contribution in [1.82, 2.24) is 15.0 Å². The van der Waals surface area contributed by atoms with Crippen LogP contribution in [0, 0.1) is 5.92 Å². The molecule has 1 aromatic carbocycles. The Labute approximate surface area is 148 Å². The van der Waals surface area contributed by atoms with E-state index in [9.17, 15) is 9.59 Å². The van der Waals surface area contributed by atoms with Crippen LogP contribution in [0.2, 0.25) is 10.0 Å². The Kier molecular flexibility index (Phi) is 5.01. The van der Waals surface area contributed by atoms with Crippen LogP contribution < -0.4 is 10.6 Å². The topological polar surface area (TPSA) is 88.9 Å². The van der Waals surface area contributed by atoms with Gasteiger partial charge in [-0.1, -0.05) is 40.9 Å². The number of carbonyl (C=O) groups is 2. The Bertz CT molecular complexity index is 773. The van der Waals surface area contributed by atoms with E-state index in [4.69, 9.17) is 23.2 Å². The lowest BCUT2D eigenvalue weighted by molar-refractivity contribution is -0.122. The lowest BCUT2D eigenvalue weighted by Gasteiger charge is -2.23. The molecule has 126 valence electrons. The summed E-state index contributed by atoms with van der Waals surface area (Å²) in [6, 6.07) is 4.97. The van der Waals surface area contributed by atoms with Gasteiger partial charge in [-0.2, -0.15) is 0 Å². The Hall–Kier alpha value is -2.12. The summed E-state index contributed by atoms with van der Waals surface area (Å²) in [7, 11) is 0. The van der Waals surface area contributed by atoms with Crippen molar-refractivity contribution >= 4 is 46.5 Å². The Balaban J connectivity index is 1.56. The third-order valence-electron chi connectivity index (χ3n) is 3.80. The molecule has 7 nitrogen and oxygen atoms in total. The van der Waals surface area contributed by atoms with Gasteiger partial charge in [0.2, 0.25) is 11.8 Å². The van der Waals surface area contributed by atoms with E-state index in [1.807, 2.05) is 0 Å². The zero-order chi connectivity index (χ0) is 17.1. The molecule has 9 heteroatoms. The molecule has 1 fully saturated rings. The van der Waals surface area contributed by atoms with Gasteiger partial charge < -0.3 is 10.6 Å². The number of hydrogen-bond acceptors (Lipinski definition) is 4. The number of rotatable bonds is 5. The summed E-state index contributed by atoms with van der Waals surface area (Å²) in [4.78, 5) is 23.9. The number of amides is 2. The van der Waals surface area contributed by atoms with Crippen LogP contribution in [0.4, 0.5) is 11.5 Å². The predicted molar refractivity (Wildman–Crippen MR) is 91.1 cm³/mol. The summed E-state index contributed by atoms with van der Waals surface area (Å²) in [5.41, 5.74) is 0.424. The molecule has 2 amide bonds. The van der Waals surface area contributed by atoms with Crippen molar-refractivity contribution < 1.29 is 9.59 Å². The van der Waals surface area contributed by atoms with Crippen molar-refractivity contribution in [2.75, 3.05) is 10.6 Å². The molecule has 1 aromatic heterocycles. The Morgan fingerprint density at radius 2 is 2.04 bits per heavy atom. The molecule has 3 rings (SSSR count). The molecular weight excluding hydrogens is 353 g/mol. The van der Waals surface area contributed by atoms with E-state index in [1.54, 1.807) is 18.2 Å². The minimum atomic E-state index is -0.332. The second-order valence-electron chi connectivity index (χ2n) is 5.57. The van der Waals surface area contributed by atoms with Crippen molar-refractivity contribution in [3.8, 4) is 0 Å². The molecule has 2 aromatic rings. The molecule has 0 spiro atoms. The van der Waals surface area contributed by atoms with Crippen molar-refractivity contribution in [3.63, 3.8) is 0 Å². The highest BCUT2D eigenvalue weighted by Crippen LogP contribution is 2.29. The van der Waals surface area contributed by atoms with Crippen molar-refractivity contribution in [2.45, 2.75) is 25.8 Å². The standard InChI is InChI=1S/C15H15Cl2N5O2/c16-10-5-2-6-11(14(10)17)18-13(23)8-22-7-12(20-21-22)19-15(24)9-3-1-4-9/h2,5-7,9H,1,3-4,8H2,(H,18,23)(H,19,24). The van der Waals surface area contributed by atoms with Crippen LogP contribution in [0.15, 0.2) is 24.4 Å². The van der Waals surface area contributed by atoms with Crippen molar-refractivity contribution in [1.29, 1.82) is 0 Å². The van der Waals surface area contributed by atoms with E-state index < -0.39 is 0 Å². The maximum atomic E-state index is 12.1. The number of carbonyl (C=O) groups excluding carboxylic acids is 2. The minimum Gasteiger partial charge on any atom is -0.323 e. The fourth-order valence-electron chi connectivity index (χ4n) is 2.27. The summed E-state index contributed by atoms with van der Waals surface area (Å²) in [5, 5.41) is 13.7. The maximum Gasteiger partial charge on any atom is 0.246 e. The lowest BCUT2D eigenvalue weighted by atomic mass is 9.85. The van der Waals surface area contributed by atoms with E-state index in [0.29, 0.717) is 16.5 Å². The smallest absolute Gasteiger partial charge is 0.246 e. The van der Waals surface area contributed by atoms with Gasteiger partial charge in [0, 0.05) is 5.92 Å². The van der Waals surface area contributed by atoms with Gasteiger partial charge in [-0.25, -0.2) is 4.68 Å². The molecule has 24 heavy (non-hydrogen) atoms. The monoisotopic (exact) mass is 367 g/mol. The molecule has 1 heterocycles. The van der Waals surface area contributed by atoms with Crippen LogP contribution in [0.5, 0.6) is 0 Å². The van der Waals surface area contributed by atoms with Gasteiger partial charge in [0.15, 0.2) is 5.82 Å². The van der Waals surface area contributed by atoms with Crippen LogP contribution in [0.1, 0.15) is 19.3 Å². The van der Waals surface area contributed by atoms with Crippen LogP contribution in [-0.4, -0.2) is 26.8 Å². The van der Waals surface area contributed by atoms with E-state index >= 15 is 0 Å². The summed E-state index contributed by atoms with van der Waals surface area (Å²) in [5.74, 6) is 0.00769. The fraction of sp³-hybridized carbons (Fsp3) is 0.333. The zero-order valence-corrected chi connectivity index (χ0v) is 14.1. The van der Waals surface area contributed by atoms with Crippen molar-refractivity contribution in [2.24, 2.45) is 5.92 Å². The van der Waals surface area contributed by atoms with E-state index in [-0.39, 0.29) is 29.3 Å². The Morgan fingerprint density at radius 3 is 2.75 bits per heavy atom. The molecule has 0 radical (unpaired) electrons. The number of nitrogens with zero attached hydrogens (tertiary/aromatic N) is 3. The normalized spacial score (nSPS) is 14.1. The first-order valence-electron chi connectivity index (χ1n) is 7.48. The first-order valence-corrected chi connectivity index (χ1v) is 8.23. The second-order valence-corrected chi connectivity index (χ2v) is 6.35. The number of aromatic nitrogens is 3. The number of benzene rings is 1. The Morgan fingerprint density at radius 1 is 1.25 bits per heavy atom. The van der Waals surface area contributed by atoms with Gasteiger partial charge in [-0.3, -0.25) is 9.59 Å². The zero-order valence-electron chi connectivity index (χ0n) is 12.6. The third kappa shape index (κ3) is 3.85. The SMILES string of the molecule is O=C(Cn1cc(NC(=O)C2CCC2)nn1)Nc1cccc(Cl)c1Cl. The van der Waals surface area contributed by atoms with Gasteiger partial charge in [0.1, 0.15) is 6.54 Å². The van der Waals surface area contributed by atoms with Crippen LogP contribution in [-0.2, 0) is 16.1 Å². The fourth-order valence-corrected chi connectivity index (χ4v) is 2.62. The van der Waals surface area contributed by atoms with Gasteiger partial charge in [0.25, 0.3) is 0 Å². The molecule has 1 aliphatic rings. The molecule has 0 bridgehead atoms. The highest BCUT2D eigenvalue weighted by Gasteiger charge is 2.25. The minimum absolute atomic E-state index is 0.0524. The van der Waals surface area contributed by atoms with Crippen LogP contribution in [0.25, 0.3) is 0 Å². The first kappa shape index (κ1) is 16.7. The number of anilines is 2. The number of halogens is 2. The van der Waals surface area contributed by atoms with Crippen molar-refractivity contribution in [3.05, 3.63) is 34.4 Å². The average molecular weight is 368 g/mol. The molecule has 1 saturated carbocycles. The molecule has 0 atom stereocenters. The summed E-state index contributed by atoms with van der Waals surface area (Å²) >= 11 is 11.9.